The van der Waals surface area contributed by atoms with Gasteiger partial charge in [-0.3, -0.25) is 24.2 Å². The number of carboxylic acids is 4. The van der Waals surface area contributed by atoms with E-state index in [4.69, 9.17) is 29.9 Å². The second kappa shape index (κ2) is 9.89. The molecule has 4 heterocycles. The summed E-state index contributed by atoms with van der Waals surface area (Å²) in [6.07, 6.45) is -0.768. The first-order valence-electron chi connectivity index (χ1n) is 11.8. The second-order valence-corrected chi connectivity index (χ2v) is 9.87. The van der Waals surface area contributed by atoms with Crippen molar-refractivity contribution in [1.29, 1.82) is 0 Å². The second-order valence-electron chi connectivity index (χ2n) is 9.87. The highest BCUT2D eigenvalue weighted by molar-refractivity contribution is 5.88. The smallest absolute Gasteiger partial charge is 0.336 e. The van der Waals surface area contributed by atoms with E-state index in [0.29, 0.717) is 13.0 Å². The fraction of sp³-hybridized carbons (Fsp3) is 0.583. The minimum Gasteiger partial charge on any atom is -0.496 e. The number of likely N-dealkylation sites (N-methyl/N-ethyl adjacent to an activating group) is 1. The van der Waals surface area contributed by atoms with Gasteiger partial charge in [-0.2, -0.15) is 0 Å². The number of rotatable bonds is 7. The molecule has 0 saturated carbocycles. The predicted molar refractivity (Wildman–Crippen MR) is 123 cm³/mol. The summed E-state index contributed by atoms with van der Waals surface area (Å²) in [6, 6.07) is 6.76. The molecule has 1 aromatic carbocycles. The molecule has 13 heteroatoms. The fourth-order valence-electron chi connectivity index (χ4n) is 6.34. The molecule has 3 fully saturated rings. The number of aliphatic hydroxyl groups is 1. The highest BCUT2D eigenvalue weighted by Crippen LogP contribution is 2.52. The third-order valence-corrected chi connectivity index (χ3v) is 7.83. The normalized spacial score (nSPS) is 29.9. The first-order chi connectivity index (χ1) is 17.4. The molecule has 0 aliphatic carbocycles. The lowest BCUT2D eigenvalue weighted by atomic mass is 9.82. The molecule has 5 rings (SSSR count). The number of carbonyl (C=O) groups is 4. The maximum absolute atomic E-state index is 11.8. The van der Waals surface area contributed by atoms with E-state index in [-0.39, 0.29) is 36.3 Å². The molecule has 4 aliphatic rings. The van der Waals surface area contributed by atoms with Gasteiger partial charge in [0, 0.05) is 17.6 Å². The van der Waals surface area contributed by atoms with Crippen LogP contribution in [0.1, 0.15) is 36.4 Å². The Morgan fingerprint density at radius 1 is 1.08 bits per heavy atom. The van der Waals surface area contributed by atoms with Gasteiger partial charge in [-0.05, 0) is 31.5 Å². The lowest BCUT2D eigenvalue weighted by molar-refractivity contribution is -0.170. The van der Waals surface area contributed by atoms with E-state index in [1.165, 1.54) is 11.1 Å². The highest BCUT2D eigenvalue weighted by atomic mass is 16.5. The molecule has 0 spiro atoms. The van der Waals surface area contributed by atoms with E-state index in [1.807, 2.05) is 12.1 Å². The summed E-state index contributed by atoms with van der Waals surface area (Å²) in [6.45, 7) is 0.656. The Morgan fingerprint density at radius 3 is 2.27 bits per heavy atom. The van der Waals surface area contributed by atoms with Crippen LogP contribution in [-0.2, 0) is 30.3 Å². The van der Waals surface area contributed by atoms with Gasteiger partial charge in [0.15, 0.2) is 5.60 Å². The molecule has 13 nitrogen and oxygen atoms in total. The molecule has 5 N–H and O–H groups in total. The molecular formula is C24H30N2O11. The number of aliphatic carboxylic acids is 4. The average molecular weight is 523 g/mol. The number of hydrogen-bond acceptors (Lipinski definition) is 9. The first kappa shape index (κ1) is 26.8. The van der Waals surface area contributed by atoms with Crippen LogP contribution in [0.5, 0.6) is 5.75 Å². The molecule has 6 atom stereocenters. The third-order valence-electron chi connectivity index (χ3n) is 7.83. The molecule has 1 unspecified atom stereocenters. The van der Waals surface area contributed by atoms with E-state index >= 15 is 0 Å². The summed E-state index contributed by atoms with van der Waals surface area (Å²) in [5.74, 6) is -5.09. The van der Waals surface area contributed by atoms with Crippen molar-refractivity contribution in [3.05, 3.63) is 29.3 Å². The van der Waals surface area contributed by atoms with Gasteiger partial charge in [-0.25, -0.2) is 4.79 Å². The van der Waals surface area contributed by atoms with Crippen LogP contribution in [0.25, 0.3) is 0 Å². The van der Waals surface area contributed by atoms with Crippen molar-refractivity contribution in [3.8, 4) is 5.75 Å². The van der Waals surface area contributed by atoms with Crippen LogP contribution in [-0.4, -0.2) is 110 Å². The van der Waals surface area contributed by atoms with Crippen LogP contribution in [0.3, 0.4) is 0 Å². The number of fused-ring (bicyclic) bond motifs is 6. The number of hydrogen-bond donors (Lipinski definition) is 5. The summed E-state index contributed by atoms with van der Waals surface area (Å²) in [5.41, 5.74) is -0.236. The highest BCUT2D eigenvalue weighted by Gasteiger charge is 2.62. The van der Waals surface area contributed by atoms with Crippen molar-refractivity contribution in [2.45, 2.75) is 61.7 Å². The molecule has 3 saturated heterocycles. The molecule has 0 amide bonds. The van der Waals surface area contributed by atoms with E-state index in [9.17, 15) is 24.3 Å². The maximum Gasteiger partial charge on any atom is 0.336 e. The van der Waals surface area contributed by atoms with Crippen molar-refractivity contribution in [2.24, 2.45) is 5.92 Å². The van der Waals surface area contributed by atoms with Gasteiger partial charge in [0.05, 0.1) is 44.6 Å². The van der Waals surface area contributed by atoms with Gasteiger partial charge in [0.1, 0.15) is 12.0 Å². The van der Waals surface area contributed by atoms with Crippen LogP contribution >= 0.6 is 0 Å². The Morgan fingerprint density at radius 2 is 1.73 bits per heavy atom. The van der Waals surface area contributed by atoms with Crippen molar-refractivity contribution < 1.29 is 54.2 Å². The number of ether oxygens (including phenoxy) is 2. The molecule has 0 aromatic heterocycles. The largest absolute Gasteiger partial charge is 0.496 e. The molecule has 2 bridgehead atoms. The number of benzene rings is 1. The molecular weight excluding hydrogens is 492 g/mol. The van der Waals surface area contributed by atoms with Crippen molar-refractivity contribution in [1.82, 2.24) is 9.80 Å². The van der Waals surface area contributed by atoms with Gasteiger partial charge in [0.2, 0.25) is 0 Å². The zero-order valence-electron chi connectivity index (χ0n) is 20.3. The maximum atomic E-state index is 11.8. The van der Waals surface area contributed by atoms with Gasteiger partial charge >= 0.3 is 23.9 Å². The molecule has 37 heavy (non-hydrogen) atoms. The van der Waals surface area contributed by atoms with Gasteiger partial charge in [0.25, 0.3) is 0 Å². The Bertz CT molecular complexity index is 1090. The Kier molecular flexibility index (Phi) is 7.16. The first-order valence-corrected chi connectivity index (χ1v) is 11.8. The van der Waals surface area contributed by atoms with E-state index in [2.05, 4.69) is 22.9 Å². The summed E-state index contributed by atoms with van der Waals surface area (Å²) in [4.78, 5) is 47.0. The summed E-state index contributed by atoms with van der Waals surface area (Å²) >= 11 is 0. The van der Waals surface area contributed by atoms with Crippen LogP contribution in [0.15, 0.2) is 18.2 Å². The van der Waals surface area contributed by atoms with Gasteiger partial charge in [-0.15, -0.1) is 0 Å². The van der Waals surface area contributed by atoms with E-state index in [1.54, 1.807) is 7.11 Å². The SMILES string of the molecule is COc1cccc2c1[C@@H]1COC3[C@@H]4C[C@@H](C(=O)O)[C@@H]([C@H](C2)N31)N4C.O=C(O)CC(O)(CC(=O)O)C(=O)O. The Labute approximate surface area is 211 Å². The zero-order valence-corrected chi connectivity index (χ0v) is 20.3. The van der Waals surface area contributed by atoms with Gasteiger partial charge < -0.3 is 35.0 Å². The predicted octanol–water partition coefficient (Wildman–Crippen LogP) is -0.142. The minimum absolute atomic E-state index is 0.0105. The molecule has 4 aliphatic heterocycles. The van der Waals surface area contributed by atoms with E-state index in [0.717, 1.165) is 12.2 Å². The van der Waals surface area contributed by atoms with Crippen molar-refractivity contribution >= 4 is 23.9 Å². The molecule has 0 radical (unpaired) electrons. The lowest BCUT2D eigenvalue weighted by Gasteiger charge is -2.51. The lowest BCUT2D eigenvalue weighted by Crippen LogP contribution is -2.64. The average Bonchev–Trinajstić information content (AvgIpc) is 3.34. The van der Waals surface area contributed by atoms with Crippen LogP contribution in [0, 0.1) is 5.92 Å². The number of carboxylic acid groups (broad SMARTS) is 4. The zero-order chi connectivity index (χ0) is 27.2. The monoisotopic (exact) mass is 522 g/mol. The van der Waals surface area contributed by atoms with Gasteiger partial charge in [-0.1, -0.05) is 12.1 Å². The molecule has 202 valence electrons. The van der Waals surface area contributed by atoms with Crippen LogP contribution in [0.2, 0.25) is 0 Å². The fourth-order valence-corrected chi connectivity index (χ4v) is 6.34. The Balaban J connectivity index is 0.000000212. The van der Waals surface area contributed by atoms with Crippen LogP contribution in [0.4, 0.5) is 0 Å². The number of nitrogens with zero attached hydrogens (tertiary/aromatic N) is 2. The number of piperazine rings is 1. The number of methoxy groups -OCH3 is 1. The summed E-state index contributed by atoms with van der Waals surface area (Å²) < 4.78 is 11.8. The van der Waals surface area contributed by atoms with E-state index < -0.39 is 42.3 Å². The third kappa shape index (κ3) is 4.63. The Hall–Kier alpha value is -3.26. The minimum atomic E-state index is -2.74. The van der Waals surface area contributed by atoms with Crippen molar-refractivity contribution in [2.75, 3.05) is 20.8 Å². The summed E-state index contributed by atoms with van der Waals surface area (Å²) in [5, 5.41) is 43.5. The summed E-state index contributed by atoms with van der Waals surface area (Å²) in [7, 11) is 3.77. The van der Waals surface area contributed by atoms with Crippen molar-refractivity contribution in [3.63, 3.8) is 0 Å². The standard InChI is InChI=1S/C18H22N2O4.C6H8O7/c1-19-12-7-10(18(21)22)16(19)11-6-9-4-3-5-14(23-2)15(9)13-8-24-17(12)20(11)13;7-3(8)1-6(13,5(11)12)2-4(9)10/h3-5,10-13,16-17H,6-8H2,1-2H3,(H,21,22);13H,1-2H2,(H,7,8)(H,9,10)(H,11,12)/t10-,11+,12+,13+,16+,17?;/m1./s1. The topological polar surface area (TPSA) is 194 Å². The quantitative estimate of drug-likeness (QED) is 0.318. The molecule has 1 aromatic rings. The van der Waals surface area contributed by atoms with Crippen LogP contribution < -0.4 is 4.74 Å².